The van der Waals surface area contributed by atoms with Gasteiger partial charge in [0.15, 0.2) is 0 Å². The van der Waals surface area contributed by atoms with Crippen molar-refractivity contribution in [2.45, 2.75) is 58.4 Å². The lowest BCUT2D eigenvalue weighted by Gasteiger charge is -2.23. The second-order valence-electron chi connectivity index (χ2n) is 5.18. The van der Waals surface area contributed by atoms with Crippen LogP contribution in [-0.2, 0) is 10.0 Å². The van der Waals surface area contributed by atoms with Crippen molar-refractivity contribution >= 4 is 10.0 Å². The van der Waals surface area contributed by atoms with Crippen LogP contribution in [0.15, 0.2) is 0 Å². The van der Waals surface area contributed by atoms with Gasteiger partial charge in [0.2, 0.25) is 10.0 Å². The van der Waals surface area contributed by atoms with Crippen LogP contribution in [0.25, 0.3) is 0 Å². The minimum atomic E-state index is -3.08. The fraction of sp³-hybridized carbons (Fsp3) is 1.00. The SMILES string of the molecule is CCCCN(CCCC)S(=O)(=O)CC1CCCN1. The van der Waals surface area contributed by atoms with Gasteiger partial charge in [-0.05, 0) is 32.2 Å². The van der Waals surface area contributed by atoms with Gasteiger partial charge in [0.25, 0.3) is 0 Å². The monoisotopic (exact) mass is 276 g/mol. The van der Waals surface area contributed by atoms with Crippen molar-refractivity contribution in [2.75, 3.05) is 25.4 Å². The van der Waals surface area contributed by atoms with Crippen LogP contribution in [0.4, 0.5) is 0 Å². The number of rotatable bonds is 9. The highest BCUT2D eigenvalue weighted by Crippen LogP contribution is 2.13. The van der Waals surface area contributed by atoms with Crippen LogP contribution >= 0.6 is 0 Å². The minimum absolute atomic E-state index is 0.167. The molecule has 0 aromatic rings. The van der Waals surface area contributed by atoms with E-state index in [0.717, 1.165) is 45.1 Å². The zero-order valence-corrected chi connectivity index (χ0v) is 12.6. The molecular formula is C13H28N2O2S. The summed E-state index contributed by atoms with van der Waals surface area (Å²) in [4.78, 5) is 0. The van der Waals surface area contributed by atoms with Crippen LogP contribution in [-0.4, -0.2) is 44.2 Å². The molecule has 0 spiro atoms. The van der Waals surface area contributed by atoms with E-state index in [-0.39, 0.29) is 11.8 Å². The molecule has 0 bridgehead atoms. The van der Waals surface area contributed by atoms with E-state index in [9.17, 15) is 8.42 Å². The van der Waals surface area contributed by atoms with Gasteiger partial charge in [0.05, 0.1) is 5.75 Å². The van der Waals surface area contributed by atoms with Crippen molar-refractivity contribution in [2.24, 2.45) is 0 Å². The molecule has 1 N–H and O–H groups in total. The standard InChI is InChI=1S/C13H28N2O2S/c1-3-5-10-15(11-6-4-2)18(16,17)12-13-8-7-9-14-13/h13-14H,3-12H2,1-2H3. The largest absolute Gasteiger partial charge is 0.313 e. The summed E-state index contributed by atoms with van der Waals surface area (Å²) in [5, 5.41) is 3.27. The second-order valence-corrected chi connectivity index (χ2v) is 7.19. The molecule has 1 saturated heterocycles. The summed E-state index contributed by atoms with van der Waals surface area (Å²) in [6.07, 6.45) is 6.10. The lowest BCUT2D eigenvalue weighted by molar-refractivity contribution is 0.392. The zero-order chi connectivity index (χ0) is 13.4. The lowest BCUT2D eigenvalue weighted by Crippen LogP contribution is -2.40. The number of sulfonamides is 1. The molecule has 0 amide bonds. The molecule has 1 aliphatic heterocycles. The normalized spacial score (nSPS) is 20.7. The molecule has 1 rings (SSSR count). The molecule has 108 valence electrons. The summed E-state index contributed by atoms with van der Waals surface area (Å²) in [5.41, 5.74) is 0. The summed E-state index contributed by atoms with van der Waals surface area (Å²) in [5.74, 6) is 0.278. The van der Waals surface area contributed by atoms with Gasteiger partial charge in [-0.2, -0.15) is 0 Å². The average molecular weight is 276 g/mol. The molecule has 1 fully saturated rings. The molecule has 1 atom stereocenters. The molecule has 1 unspecified atom stereocenters. The van der Waals surface area contributed by atoms with E-state index >= 15 is 0 Å². The number of nitrogens with one attached hydrogen (secondary N) is 1. The van der Waals surface area contributed by atoms with Crippen LogP contribution < -0.4 is 5.32 Å². The second kappa shape index (κ2) is 8.12. The summed E-state index contributed by atoms with van der Waals surface area (Å²) >= 11 is 0. The molecule has 0 radical (unpaired) electrons. The first-order valence-electron chi connectivity index (χ1n) is 7.31. The average Bonchev–Trinajstić information content (AvgIpc) is 2.81. The maximum Gasteiger partial charge on any atom is 0.215 e. The molecule has 0 aromatic heterocycles. The van der Waals surface area contributed by atoms with Crippen molar-refractivity contribution < 1.29 is 8.42 Å². The van der Waals surface area contributed by atoms with E-state index in [1.54, 1.807) is 4.31 Å². The Morgan fingerprint density at radius 2 is 1.78 bits per heavy atom. The van der Waals surface area contributed by atoms with Crippen molar-refractivity contribution in [3.63, 3.8) is 0 Å². The first-order valence-corrected chi connectivity index (χ1v) is 8.92. The van der Waals surface area contributed by atoms with E-state index in [1.807, 2.05) is 0 Å². The topological polar surface area (TPSA) is 49.4 Å². The molecule has 1 heterocycles. The maximum atomic E-state index is 12.4. The predicted molar refractivity (Wildman–Crippen MR) is 76.2 cm³/mol. The zero-order valence-electron chi connectivity index (χ0n) is 11.8. The Morgan fingerprint density at radius 1 is 1.17 bits per heavy atom. The Hall–Kier alpha value is -0.130. The van der Waals surface area contributed by atoms with Gasteiger partial charge in [-0.3, -0.25) is 0 Å². The molecular weight excluding hydrogens is 248 g/mol. The fourth-order valence-corrected chi connectivity index (χ4v) is 4.14. The van der Waals surface area contributed by atoms with Gasteiger partial charge in [-0.25, -0.2) is 12.7 Å². The van der Waals surface area contributed by atoms with Crippen molar-refractivity contribution in [3.8, 4) is 0 Å². The van der Waals surface area contributed by atoms with E-state index in [1.165, 1.54) is 0 Å². The smallest absolute Gasteiger partial charge is 0.215 e. The quantitative estimate of drug-likeness (QED) is 0.700. The van der Waals surface area contributed by atoms with Crippen LogP contribution in [0.5, 0.6) is 0 Å². The molecule has 0 aliphatic carbocycles. The molecule has 4 nitrogen and oxygen atoms in total. The Morgan fingerprint density at radius 3 is 2.22 bits per heavy atom. The molecule has 0 saturated carbocycles. The minimum Gasteiger partial charge on any atom is -0.313 e. The van der Waals surface area contributed by atoms with E-state index in [4.69, 9.17) is 0 Å². The summed E-state index contributed by atoms with van der Waals surface area (Å²) < 4.78 is 26.5. The van der Waals surface area contributed by atoms with Crippen molar-refractivity contribution in [3.05, 3.63) is 0 Å². The number of hydrogen-bond donors (Lipinski definition) is 1. The predicted octanol–water partition coefficient (Wildman–Crippen LogP) is 1.97. The number of unbranched alkanes of at least 4 members (excludes halogenated alkanes) is 2. The molecule has 1 aliphatic rings. The highest BCUT2D eigenvalue weighted by Gasteiger charge is 2.26. The molecule has 0 aromatic carbocycles. The van der Waals surface area contributed by atoms with Crippen LogP contribution in [0.3, 0.4) is 0 Å². The van der Waals surface area contributed by atoms with Gasteiger partial charge in [-0.15, -0.1) is 0 Å². The number of hydrogen-bond acceptors (Lipinski definition) is 3. The fourth-order valence-electron chi connectivity index (χ4n) is 2.32. The summed E-state index contributed by atoms with van der Waals surface area (Å²) in [6, 6.07) is 0.167. The van der Waals surface area contributed by atoms with Gasteiger partial charge < -0.3 is 5.32 Å². The lowest BCUT2D eigenvalue weighted by atomic mass is 10.3. The third kappa shape index (κ3) is 5.24. The molecule has 5 heteroatoms. The molecule has 18 heavy (non-hydrogen) atoms. The Balaban J connectivity index is 2.55. The third-order valence-corrected chi connectivity index (χ3v) is 5.47. The Kier molecular flexibility index (Phi) is 7.19. The first-order chi connectivity index (χ1) is 8.60. The summed E-state index contributed by atoms with van der Waals surface area (Å²) in [7, 11) is -3.08. The third-order valence-electron chi connectivity index (χ3n) is 3.49. The van der Waals surface area contributed by atoms with Gasteiger partial charge in [-0.1, -0.05) is 26.7 Å². The first kappa shape index (κ1) is 15.9. The van der Waals surface area contributed by atoms with Gasteiger partial charge in [0, 0.05) is 19.1 Å². The highest BCUT2D eigenvalue weighted by atomic mass is 32.2. The van der Waals surface area contributed by atoms with Crippen LogP contribution in [0.2, 0.25) is 0 Å². The maximum absolute atomic E-state index is 12.4. The Bertz CT molecular complexity index is 303. The number of nitrogens with zero attached hydrogens (tertiary/aromatic N) is 1. The van der Waals surface area contributed by atoms with E-state index in [0.29, 0.717) is 13.1 Å². The van der Waals surface area contributed by atoms with Crippen LogP contribution in [0.1, 0.15) is 52.4 Å². The van der Waals surface area contributed by atoms with Crippen LogP contribution in [0, 0.1) is 0 Å². The van der Waals surface area contributed by atoms with E-state index < -0.39 is 10.0 Å². The highest BCUT2D eigenvalue weighted by molar-refractivity contribution is 7.89. The Labute approximate surface area is 112 Å². The van der Waals surface area contributed by atoms with Crippen molar-refractivity contribution in [1.82, 2.24) is 9.62 Å². The van der Waals surface area contributed by atoms with Gasteiger partial charge in [0.1, 0.15) is 0 Å². The van der Waals surface area contributed by atoms with E-state index in [2.05, 4.69) is 19.2 Å². The summed E-state index contributed by atoms with van der Waals surface area (Å²) in [6.45, 7) is 6.54. The van der Waals surface area contributed by atoms with Gasteiger partial charge >= 0.3 is 0 Å². The van der Waals surface area contributed by atoms with Crippen molar-refractivity contribution in [1.29, 1.82) is 0 Å².